The Labute approximate surface area is 290 Å². The number of carbonyl (C=O) groups is 3. The average Bonchev–Trinajstić information content (AvgIpc) is 3.41. The lowest BCUT2D eigenvalue weighted by molar-refractivity contribution is -0.131. The van der Waals surface area contributed by atoms with Crippen LogP contribution in [0.1, 0.15) is 81.5 Å². The summed E-state index contributed by atoms with van der Waals surface area (Å²) in [5, 5.41) is 12.4. The number of likely N-dealkylation sites (tertiary alicyclic amines) is 1. The van der Waals surface area contributed by atoms with Gasteiger partial charge in [-0.25, -0.2) is 0 Å². The summed E-state index contributed by atoms with van der Waals surface area (Å²) in [7, 11) is 0. The van der Waals surface area contributed by atoms with E-state index in [9.17, 15) is 19.5 Å². The number of aliphatic hydroxyl groups is 1. The second-order valence-corrected chi connectivity index (χ2v) is 13.5. The number of hydrogen-bond donors (Lipinski definition) is 3. The third-order valence-corrected chi connectivity index (χ3v) is 9.60. The first-order valence-corrected chi connectivity index (χ1v) is 17.8. The van der Waals surface area contributed by atoms with Gasteiger partial charge in [0.15, 0.2) is 5.78 Å². The number of aryl methyl sites for hydroxylation is 2. The maximum atomic E-state index is 13.4. The molecule has 48 heavy (non-hydrogen) atoms. The van der Waals surface area contributed by atoms with Crippen molar-refractivity contribution in [2.45, 2.75) is 84.7 Å². The molecule has 0 saturated carbocycles. The fraction of sp³-hybridized carbons (Fsp3) is 0.500. The number of amides is 2. The molecule has 0 aliphatic carbocycles. The maximum Gasteiger partial charge on any atom is 0.233 e. The molecule has 1 saturated heterocycles. The van der Waals surface area contributed by atoms with Crippen LogP contribution < -0.4 is 15.8 Å². The van der Waals surface area contributed by atoms with Crippen LogP contribution in [-0.4, -0.2) is 77.6 Å². The minimum atomic E-state index is -0.0711. The van der Waals surface area contributed by atoms with Gasteiger partial charge in [-0.3, -0.25) is 14.4 Å². The van der Waals surface area contributed by atoms with Crippen LogP contribution in [0.15, 0.2) is 53.7 Å². The number of thioether (sulfide) groups is 1. The Balaban J connectivity index is 1.53. The molecule has 2 aromatic rings. The second kappa shape index (κ2) is 19.8. The summed E-state index contributed by atoms with van der Waals surface area (Å²) >= 11 is 1.42. The van der Waals surface area contributed by atoms with Crippen LogP contribution >= 0.6 is 11.8 Å². The van der Waals surface area contributed by atoms with Crippen molar-refractivity contribution >= 4 is 29.4 Å². The van der Waals surface area contributed by atoms with Gasteiger partial charge in [-0.2, -0.15) is 0 Å². The summed E-state index contributed by atoms with van der Waals surface area (Å²) in [5.41, 5.74) is 10.8. The van der Waals surface area contributed by atoms with Crippen LogP contribution in [0.25, 0.3) is 0 Å². The highest BCUT2D eigenvalue weighted by molar-refractivity contribution is 8.00. The number of ketones is 1. The standard InChI is InChI=1S/C38H51N3O6S/c1-26-9-14-34(15-10-26)47-22-21-46-20-18-40-36(44)16-12-31-7-6-8-32(17-19-42)38(31)27(2)23-33-13-11-28(3)41(33)37(45)25-48-24-35(29(4)39)30(5)43/h6-10,14-15,27-28,33,42H,11-13,16,18,20-25,39H2,1-5H3,(H,40,44). The van der Waals surface area contributed by atoms with Crippen LogP contribution in [0.5, 0.6) is 5.75 Å². The number of benzene rings is 2. The number of rotatable bonds is 18. The van der Waals surface area contributed by atoms with E-state index in [1.165, 1.54) is 24.2 Å². The van der Waals surface area contributed by atoms with E-state index in [1.807, 2.05) is 54.3 Å². The molecule has 0 aromatic heterocycles. The largest absolute Gasteiger partial charge is 0.491 e. The normalized spacial score (nSPS) is 16.8. The third kappa shape index (κ3) is 11.9. The van der Waals surface area contributed by atoms with Gasteiger partial charge in [0.2, 0.25) is 11.8 Å². The molecule has 10 heteroatoms. The molecule has 1 aliphatic rings. The lowest BCUT2D eigenvalue weighted by atomic mass is 9.85. The molecule has 1 fully saturated rings. The molecule has 2 aromatic carbocycles. The van der Waals surface area contributed by atoms with E-state index in [0.29, 0.717) is 56.2 Å². The molecule has 0 spiro atoms. The molecule has 2 amide bonds. The van der Waals surface area contributed by atoms with Gasteiger partial charge in [-0.05, 0) is 94.5 Å². The van der Waals surface area contributed by atoms with Crippen LogP contribution in [0.2, 0.25) is 0 Å². The van der Waals surface area contributed by atoms with Crippen LogP contribution in [0.4, 0.5) is 0 Å². The first-order valence-electron chi connectivity index (χ1n) is 16.7. The first-order chi connectivity index (χ1) is 23.0. The molecule has 3 rings (SSSR count). The van der Waals surface area contributed by atoms with Crippen molar-refractivity contribution in [2.24, 2.45) is 5.73 Å². The summed E-state index contributed by atoms with van der Waals surface area (Å²) in [5.74, 6) is 4.27. The fourth-order valence-electron chi connectivity index (χ4n) is 6.22. The van der Waals surface area contributed by atoms with Crippen molar-refractivity contribution in [1.29, 1.82) is 0 Å². The zero-order valence-electron chi connectivity index (χ0n) is 29.0. The lowest BCUT2D eigenvalue weighted by Crippen LogP contribution is -2.41. The summed E-state index contributed by atoms with van der Waals surface area (Å²) < 4.78 is 11.3. The number of nitrogens with zero attached hydrogens (tertiary/aromatic N) is 1. The monoisotopic (exact) mass is 677 g/mol. The van der Waals surface area contributed by atoms with E-state index in [1.54, 1.807) is 6.92 Å². The Hall–Kier alpha value is -3.94. The Morgan fingerprint density at radius 3 is 2.52 bits per heavy atom. The van der Waals surface area contributed by atoms with E-state index in [-0.39, 0.29) is 41.4 Å². The zero-order chi connectivity index (χ0) is 35.1. The van der Waals surface area contributed by atoms with Crippen molar-refractivity contribution < 1.29 is 29.0 Å². The molecule has 3 unspecified atom stereocenters. The van der Waals surface area contributed by atoms with Gasteiger partial charge in [0.05, 0.1) is 19.0 Å². The van der Waals surface area contributed by atoms with E-state index in [4.69, 9.17) is 15.2 Å². The minimum Gasteiger partial charge on any atom is -0.491 e. The van der Waals surface area contributed by atoms with Gasteiger partial charge in [0.25, 0.3) is 0 Å². The van der Waals surface area contributed by atoms with E-state index < -0.39 is 0 Å². The number of carbonyl (C=O) groups excluding carboxylic acids is 3. The summed E-state index contributed by atoms with van der Waals surface area (Å²) in [4.78, 5) is 40.0. The Kier molecular flexibility index (Phi) is 15.9. The quantitative estimate of drug-likeness (QED) is 0.111. The molecule has 3 atom stereocenters. The third-order valence-electron chi connectivity index (χ3n) is 8.66. The number of nitrogens with one attached hydrogen (secondary N) is 1. The second-order valence-electron chi connectivity index (χ2n) is 12.5. The van der Waals surface area contributed by atoms with Crippen LogP contribution in [0, 0.1) is 19.0 Å². The van der Waals surface area contributed by atoms with Gasteiger partial charge >= 0.3 is 0 Å². The summed E-state index contributed by atoms with van der Waals surface area (Å²) in [6, 6.07) is 13.8. The van der Waals surface area contributed by atoms with Crippen molar-refractivity contribution in [3.05, 3.63) is 76.0 Å². The Morgan fingerprint density at radius 1 is 1.08 bits per heavy atom. The van der Waals surface area contributed by atoms with Crippen molar-refractivity contribution in [3.63, 3.8) is 0 Å². The number of aliphatic hydroxyl groups excluding tert-OH is 1. The number of hydrogen-bond acceptors (Lipinski definition) is 8. The molecule has 9 nitrogen and oxygen atoms in total. The topological polar surface area (TPSA) is 131 Å². The number of nitrogens with two attached hydrogens (primary N) is 1. The number of ether oxygens (including phenoxy) is 2. The molecule has 1 heterocycles. The van der Waals surface area contributed by atoms with Crippen LogP contribution in [0.3, 0.4) is 0 Å². The van der Waals surface area contributed by atoms with E-state index in [0.717, 1.165) is 41.7 Å². The fourth-order valence-corrected chi connectivity index (χ4v) is 7.28. The average molecular weight is 678 g/mol. The zero-order valence-corrected chi connectivity index (χ0v) is 29.8. The van der Waals surface area contributed by atoms with Gasteiger partial charge in [0.1, 0.15) is 18.5 Å². The lowest BCUT2D eigenvalue weighted by Gasteiger charge is -2.31. The highest BCUT2D eigenvalue weighted by Gasteiger charge is 2.35. The smallest absolute Gasteiger partial charge is 0.233 e. The maximum absolute atomic E-state index is 13.4. The molecule has 4 N–H and O–H groups in total. The molecular formula is C38H51N3O6S. The molecular weight excluding hydrogens is 627 g/mol. The van der Waals surface area contributed by atoms with Gasteiger partial charge < -0.3 is 30.5 Å². The highest BCUT2D eigenvalue weighted by Crippen LogP contribution is 2.35. The first kappa shape index (κ1) is 38.5. The highest BCUT2D eigenvalue weighted by atomic mass is 32.2. The Morgan fingerprint density at radius 2 is 1.83 bits per heavy atom. The van der Waals surface area contributed by atoms with Crippen molar-refractivity contribution in [3.8, 4) is 17.8 Å². The number of allylic oxidation sites excluding steroid dienone is 1. The van der Waals surface area contributed by atoms with Crippen molar-refractivity contribution in [2.75, 3.05) is 37.9 Å². The van der Waals surface area contributed by atoms with E-state index >= 15 is 0 Å². The predicted octanol–water partition coefficient (Wildman–Crippen LogP) is 5.25. The summed E-state index contributed by atoms with van der Waals surface area (Å²) in [6.07, 6.45) is 5.42. The van der Waals surface area contributed by atoms with Crippen molar-refractivity contribution in [1.82, 2.24) is 10.2 Å². The van der Waals surface area contributed by atoms with Gasteiger partial charge in [-0.15, -0.1) is 11.8 Å². The SMILES string of the molecule is CC(=O)C(CSCC(=O)N1C(C)CCC1CC(C)c1c(C#CO)cccc1CCC(=O)NCCOCCOc1ccc(C)cc1)=C(C)N. The Bertz CT molecular complexity index is 1480. The molecule has 0 bridgehead atoms. The molecule has 0 radical (unpaired) electrons. The predicted molar refractivity (Wildman–Crippen MR) is 191 cm³/mol. The van der Waals surface area contributed by atoms with E-state index in [2.05, 4.69) is 31.2 Å². The molecule has 260 valence electrons. The number of Topliss-reactive ketones (excluding diaryl/α,β-unsaturated/α-hetero) is 1. The molecule has 1 aliphatic heterocycles. The minimum absolute atomic E-state index is 0.0287. The van der Waals surface area contributed by atoms with Gasteiger partial charge in [0, 0.05) is 47.6 Å². The van der Waals surface area contributed by atoms with Gasteiger partial charge in [-0.1, -0.05) is 36.8 Å². The summed E-state index contributed by atoms with van der Waals surface area (Å²) in [6.45, 7) is 11.1. The van der Waals surface area contributed by atoms with Crippen LogP contribution in [-0.2, 0) is 25.5 Å².